The number of carboxylic acid groups (broad SMARTS) is 1. The summed E-state index contributed by atoms with van der Waals surface area (Å²) >= 11 is 0. The van der Waals surface area contributed by atoms with Crippen molar-refractivity contribution in [2.75, 3.05) is 27.2 Å². The van der Waals surface area contributed by atoms with Gasteiger partial charge in [-0.05, 0) is 33.4 Å². The molecule has 0 radical (unpaired) electrons. The molecule has 1 rings (SSSR count). The van der Waals surface area contributed by atoms with Crippen LogP contribution >= 0.6 is 0 Å². The Bertz CT molecular complexity index is 352. The maximum absolute atomic E-state index is 11.9. The van der Waals surface area contributed by atoms with Crippen molar-refractivity contribution in [2.45, 2.75) is 51.0 Å². The summed E-state index contributed by atoms with van der Waals surface area (Å²) in [6.07, 6.45) is 5.95. The zero-order valence-electron chi connectivity index (χ0n) is 13.4. The van der Waals surface area contributed by atoms with Crippen LogP contribution in [0.5, 0.6) is 0 Å². The van der Waals surface area contributed by atoms with Crippen molar-refractivity contribution in [2.24, 2.45) is 5.92 Å². The standard InChI is InChI=1S/C15H29N3O3/c1-4-7-12(13(19)20)10-16-14(21)17-11-15(18(2)3)8-5-6-9-15/h12H,4-11H2,1-3H3,(H,19,20)(H2,16,17,21). The quantitative estimate of drug-likeness (QED) is 0.636. The van der Waals surface area contributed by atoms with Gasteiger partial charge in [0.05, 0.1) is 5.92 Å². The van der Waals surface area contributed by atoms with Crippen molar-refractivity contribution in [3.8, 4) is 0 Å². The summed E-state index contributed by atoms with van der Waals surface area (Å²) < 4.78 is 0. The van der Waals surface area contributed by atoms with Gasteiger partial charge in [-0.25, -0.2) is 4.79 Å². The minimum atomic E-state index is -0.849. The summed E-state index contributed by atoms with van der Waals surface area (Å²) in [5, 5.41) is 14.6. The van der Waals surface area contributed by atoms with Crippen LogP contribution in [0, 0.1) is 5.92 Å². The molecular formula is C15H29N3O3. The molecule has 0 aromatic heterocycles. The first kappa shape index (κ1) is 17.8. The lowest BCUT2D eigenvalue weighted by Crippen LogP contribution is -2.53. The van der Waals surface area contributed by atoms with Crippen molar-refractivity contribution >= 4 is 12.0 Å². The normalized spacial score (nSPS) is 18.5. The number of urea groups is 1. The number of hydrogen-bond donors (Lipinski definition) is 3. The van der Waals surface area contributed by atoms with E-state index in [9.17, 15) is 9.59 Å². The number of nitrogens with one attached hydrogen (secondary N) is 2. The number of likely N-dealkylation sites (N-methyl/N-ethyl adjacent to an activating group) is 1. The topological polar surface area (TPSA) is 81.7 Å². The van der Waals surface area contributed by atoms with Gasteiger partial charge in [0.2, 0.25) is 0 Å². The Kier molecular flexibility index (Phi) is 6.95. The Hall–Kier alpha value is -1.30. The zero-order valence-corrected chi connectivity index (χ0v) is 13.4. The van der Waals surface area contributed by atoms with Crippen LogP contribution in [0.1, 0.15) is 45.4 Å². The largest absolute Gasteiger partial charge is 0.481 e. The van der Waals surface area contributed by atoms with Gasteiger partial charge in [0, 0.05) is 18.6 Å². The molecule has 122 valence electrons. The fourth-order valence-corrected chi connectivity index (χ4v) is 3.00. The highest BCUT2D eigenvalue weighted by molar-refractivity contribution is 5.75. The molecule has 0 aromatic carbocycles. The molecule has 0 aliphatic heterocycles. The van der Waals surface area contributed by atoms with Gasteiger partial charge >= 0.3 is 12.0 Å². The lowest BCUT2D eigenvalue weighted by molar-refractivity contribution is -0.141. The summed E-state index contributed by atoms with van der Waals surface area (Å²) in [7, 11) is 4.10. The Balaban J connectivity index is 2.38. The number of hydrogen-bond acceptors (Lipinski definition) is 3. The van der Waals surface area contributed by atoms with Crippen LogP contribution in [0.2, 0.25) is 0 Å². The minimum absolute atomic E-state index is 0.0486. The second-order valence-corrected chi connectivity index (χ2v) is 6.21. The maximum Gasteiger partial charge on any atom is 0.314 e. The molecule has 1 aliphatic rings. The van der Waals surface area contributed by atoms with Gasteiger partial charge in [-0.2, -0.15) is 0 Å². The first-order valence-corrected chi connectivity index (χ1v) is 7.83. The number of amides is 2. The monoisotopic (exact) mass is 299 g/mol. The molecule has 1 atom stereocenters. The predicted molar refractivity (Wildman–Crippen MR) is 82.3 cm³/mol. The molecule has 1 aliphatic carbocycles. The van der Waals surface area contributed by atoms with Crippen LogP contribution < -0.4 is 10.6 Å². The van der Waals surface area contributed by atoms with Crippen molar-refractivity contribution in [3.05, 3.63) is 0 Å². The summed E-state index contributed by atoms with van der Waals surface area (Å²) in [6, 6.07) is -0.273. The van der Waals surface area contributed by atoms with E-state index in [1.807, 2.05) is 21.0 Å². The van der Waals surface area contributed by atoms with Crippen LogP contribution in [-0.4, -0.2) is 54.7 Å². The van der Waals surface area contributed by atoms with Gasteiger partial charge in [-0.1, -0.05) is 26.2 Å². The molecule has 21 heavy (non-hydrogen) atoms. The highest BCUT2D eigenvalue weighted by Gasteiger charge is 2.36. The number of carbonyl (C=O) groups excluding carboxylic acids is 1. The Morgan fingerprint density at radius 3 is 2.33 bits per heavy atom. The van der Waals surface area contributed by atoms with E-state index >= 15 is 0 Å². The zero-order chi connectivity index (χ0) is 15.9. The van der Waals surface area contributed by atoms with E-state index in [4.69, 9.17) is 5.11 Å². The molecule has 0 aromatic rings. The number of carbonyl (C=O) groups is 2. The average Bonchev–Trinajstić information content (AvgIpc) is 2.91. The third-order valence-corrected chi connectivity index (χ3v) is 4.56. The molecule has 1 fully saturated rings. The summed E-state index contributed by atoms with van der Waals surface area (Å²) in [5.74, 6) is -1.35. The van der Waals surface area contributed by atoms with Crippen LogP contribution in [0.15, 0.2) is 0 Å². The second kappa shape index (κ2) is 8.22. The van der Waals surface area contributed by atoms with Crippen LogP contribution in [0.3, 0.4) is 0 Å². The molecule has 2 amide bonds. The summed E-state index contributed by atoms with van der Waals surface area (Å²) in [5.41, 5.74) is 0.0486. The fourth-order valence-electron chi connectivity index (χ4n) is 3.00. The van der Waals surface area contributed by atoms with E-state index in [0.29, 0.717) is 13.0 Å². The van der Waals surface area contributed by atoms with Crippen LogP contribution in [0.25, 0.3) is 0 Å². The molecule has 1 saturated carbocycles. The third kappa shape index (κ3) is 5.19. The predicted octanol–water partition coefficient (Wildman–Crippen LogP) is 1.66. The fraction of sp³-hybridized carbons (Fsp3) is 0.867. The molecule has 0 bridgehead atoms. The molecule has 0 saturated heterocycles. The van der Waals surface area contributed by atoms with Crippen molar-refractivity contribution in [1.82, 2.24) is 15.5 Å². The molecule has 6 nitrogen and oxygen atoms in total. The molecule has 0 spiro atoms. The summed E-state index contributed by atoms with van der Waals surface area (Å²) in [6.45, 7) is 2.73. The number of nitrogens with zero attached hydrogens (tertiary/aromatic N) is 1. The van der Waals surface area contributed by atoms with E-state index in [2.05, 4.69) is 15.5 Å². The second-order valence-electron chi connectivity index (χ2n) is 6.21. The first-order valence-electron chi connectivity index (χ1n) is 7.83. The lowest BCUT2D eigenvalue weighted by Gasteiger charge is -2.36. The number of carboxylic acids is 1. The first-order chi connectivity index (χ1) is 9.91. The highest BCUT2D eigenvalue weighted by atomic mass is 16.4. The summed E-state index contributed by atoms with van der Waals surface area (Å²) in [4.78, 5) is 25.1. The smallest absolute Gasteiger partial charge is 0.314 e. The van der Waals surface area contributed by atoms with E-state index in [-0.39, 0.29) is 18.1 Å². The van der Waals surface area contributed by atoms with Gasteiger partial charge in [0.25, 0.3) is 0 Å². The Labute approximate surface area is 127 Å². The lowest BCUT2D eigenvalue weighted by atomic mass is 9.96. The van der Waals surface area contributed by atoms with Gasteiger partial charge in [0.1, 0.15) is 0 Å². The molecule has 0 heterocycles. The van der Waals surface area contributed by atoms with E-state index < -0.39 is 11.9 Å². The van der Waals surface area contributed by atoms with Gasteiger partial charge in [-0.15, -0.1) is 0 Å². The van der Waals surface area contributed by atoms with Gasteiger partial charge < -0.3 is 20.6 Å². The van der Waals surface area contributed by atoms with Crippen molar-refractivity contribution in [3.63, 3.8) is 0 Å². The number of rotatable bonds is 8. The molecular weight excluding hydrogens is 270 g/mol. The molecule has 6 heteroatoms. The maximum atomic E-state index is 11.9. The van der Waals surface area contributed by atoms with Crippen molar-refractivity contribution < 1.29 is 14.7 Å². The van der Waals surface area contributed by atoms with E-state index in [0.717, 1.165) is 19.3 Å². The SMILES string of the molecule is CCCC(CNC(=O)NCC1(N(C)C)CCCC1)C(=O)O. The average molecular weight is 299 g/mol. The Morgan fingerprint density at radius 2 is 1.86 bits per heavy atom. The van der Waals surface area contributed by atoms with E-state index in [1.54, 1.807) is 0 Å². The van der Waals surface area contributed by atoms with Gasteiger partial charge in [-0.3, -0.25) is 4.79 Å². The Morgan fingerprint density at radius 1 is 1.24 bits per heavy atom. The molecule has 1 unspecified atom stereocenters. The van der Waals surface area contributed by atoms with Gasteiger partial charge in [0.15, 0.2) is 0 Å². The van der Waals surface area contributed by atoms with Crippen LogP contribution in [-0.2, 0) is 4.79 Å². The molecule has 3 N–H and O–H groups in total. The number of aliphatic carboxylic acids is 1. The third-order valence-electron chi connectivity index (χ3n) is 4.56. The van der Waals surface area contributed by atoms with Crippen LogP contribution in [0.4, 0.5) is 4.79 Å². The minimum Gasteiger partial charge on any atom is -0.481 e. The van der Waals surface area contributed by atoms with Crippen molar-refractivity contribution in [1.29, 1.82) is 0 Å². The highest BCUT2D eigenvalue weighted by Crippen LogP contribution is 2.32. The van der Waals surface area contributed by atoms with E-state index in [1.165, 1.54) is 12.8 Å².